The fourth-order valence-corrected chi connectivity index (χ4v) is 4.10. The molecule has 0 aliphatic heterocycles. The van der Waals surface area contributed by atoms with Crippen LogP contribution >= 0.6 is 0 Å². The lowest BCUT2D eigenvalue weighted by Crippen LogP contribution is -2.38. The van der Waals surface area contributed by atoms with E-state index in [0.717, 1.165) is 27.8 Å². The highest BCUT2D eigenvalue weighted by Gasteiger charge is 2.30. The van der Waals surface area contributed by atoms with Crippen LogP contribution in [0.2, 0.25) is 0 Å². The highest BCUT2D eigenvalue weighted by molar-refractivity contribution is 5.82. The van der Waals surface area contributed by atoms with Gasteiger partial charge in [0.15, 0.2) is 0 Å². The minimum absolute atomic E-state index is 0.0518. The predicted molar refractivity (Wildman–Crippen MR) is 120 cm³/mol. The molecule has 0 saturated heterocycles. The van der Waals surface area contributed by atoms with Gasteiger partial charge in [-0.15, -0.1) is 0 Å². The topological polar surface area (TPSA) is 98.9 Å². The number of aliphatic hydroxyl groups excluding tert-OH is 1. The van der Waals surface area contributed by atoms with Crippen LogP contribution in [0.1, 0.15) is 29.0 Å². The summed E-state index contributed by atoms with van der Waals surface area (Å²) in [6.45, 7) is 0.0518. The third-order valence-corrected chi connectivity index (χ3v) is 5.71. The van der Waals surface area contributed by atoms with E-state index in [0.29, 0.717) is 6.42 Å². The Morgan fingerprint density at radius 1 is 0.875 bits per heavy atom. The quantitative estimate of drug-likeness (QED) is 0.436. The van der Waals surface area contributed by atoms with Crippen molar-refractivity contribution in [3.63, 3.8) is 0 Å². The second-order valence-corrected chi connectivity index (χ2v) is 7.89. The molecule has 0 radical (unpaired) electrons. The molecule has 6 nitrogen and oxygen atoms in total. The molecule has 3 aromatic carbocycles. The molecular weight excluding hydrogens is 406 g/mol. The Hall–Kier alpha value is -3.48. The third kappa shape index (κ3) is 4.88. The zero-order valence-electron chi connectivity index (χ0n) is 17.5. The van der Waals surface area contributed by atoms with Gasteiger partial charge >= 0.3 is 12.1 Å². The number of aliphatic hydroxyl groups is 1. The summed E-state index contributed by atoms with van der Waals surface area (Å²) in [5.41, 5.74) is 11.3. The summed E-state index contributed by atoms with van der Waals surface area (Å²) in [4.78, 5) is 24.2. The van der Waals surface area contributed by atoms with Gasteiger partial charge in [0.25, 0.3) is 0 Å². The number of fused-ring (bicyclic) bond motifs is 3. The van der Waals surface area contributed by atoms with Crippen LogP contribution in [0.15, 0.2) is 78.9 Å². The van der Waals surface area contributed by atoms with Crippen LogP contribution in [0.5, 0.6) is 0 Å². The lowest BCUT2D eigenvalue weighted by atomic mass is 9.98. The molecule has 0 bridgehead atoms. The lowest BCUT2D eigenvalue weighted by molar-refractivity contribution is -0.142. The van der Waals surface area contributed by atoms with Crippen LogP contribution in [0.25, 0.3) is 11.1 Å². The highest BCUT2D eigenvalue weighted by atomic mass is 16.7. The fraction of sp³-hybridized carbons (Fsp3) is 0.231. The van der Waals surface area contributed by atoms with E-state index < -0.39 is 30.7 Å². The number of ether oxygens (including phenoxy) is 2. The average Bonchev–Trinajstić information content (AvgIpc) is 3.12. The number of nitrogens with two attached hydrogens (primary N) is 1. The maximum atomic E-state index is 12.1. The van der Waals surface area contributed by atoms with Crippen molar-refractivity contribution in [1.82, 2.24) is 0 Å². The molecule has 3 N–H and O–H groups in total. The number of hydrogen-bond donors (Lipinski definition) is 2. The van der Waals surface area contributed by atoms with Gasteiger partial charge in [-0.3, -0.25) is 4.79 Å². The van der Waals surface area contributed by atoms with Crippen molar-refractivity contribution in [1.29, 1.82) is 0 Å². The van der Waals surface area contributed by atoms with Crippen LogP contribution in [-0.2, 0) is 20.7 Å². The van der Waals surface area contributed by atoms with Crippen LogP contribution in [-0.4, -0.2) is 36.0 Å². The summed E-state index contributed by atoms with van der Waals surface area (Å²) in [5.74, 6) is -1.01. The van der Waals surface area contributed by atoms with Crippen LogP contribution < -0.4 is 5.73 Å². The molecular formula is C26H25NO5. The Bertz CT molecular complexity index is 1050. The molecule has 1 aliphatic carbocycles. The van der Waals surface area contributed by atoms with E-state index >= 15 is 0 Å². The molecule has 0 spiro atoms. The molecule has 0 fully saturated rings. The summed E-state index contributed by atoms with van der Waals surface area (Å²) in [6, 6.07) is 24.7. The smallest absolute Gasteiger partial charge is 0.433 e. The fourth-order valence-electron chi connectivity index (χ4n) is 4.10. The molecule has 0 amide bonds. The van der Waals surface area contributed by atoms with Gasteiger partial charge in [-0.2, -0.15) is 0 Å². The maximum absolute atomic E-state index is 12.1. The van der Waals surface area contributed by atoms with Crippen LogP contribution in [0.3, 0.4) is 0 Å². The number of esters is 1. The van der Waals surface area contributed by atoms with Gasteiger partial charge in [0.05, 0.1) is 12.5 Å². The molecule has 0 unspecified atom stereocenters. The number of benzene rings is 3. The van der Waals surface area contributed by atoms with Crippen LogP contribution in [0, 0.1) is 0 Å². The van der Waals surface area contributed by atoms with Crippen molar-refractivity contribution < 1.29 is 24.2 Å². The molecule has 32 heavy (non-hydrogen) atoms. The molecule has 4 rings (SSSR count). The molecule has 0 saturated carbocycles. The third-order valence-electron chi connectivity index (χ3n) is 5.71. The summed E-state index contributed by atoms with van der Waals surface area (Å²) in [7, 11) is 0. The summed E-state index contributed by atoms with van der Waals surface area (Å²) in [6.07, 6.45) is -2.21. The molecule has 3 aromatic rings. The number of rotatable bonds is 7. The second kappa shape index (κ2) is 9.77. The molecule has 1 aliphatic rings. The van der Waals surface area contributed by atoms with Crippen molar-refractivity contribution in [2.75, 3.05) is 6.61 Å². The Labute approximate surface area is 186 Å². The lowest BCUT2D eigenvalue weighted by Gasteiger charge is -2.18. The summed E-state index contributed by atoms with van der Waals surface area (Å²) >= 11 is 0. The summed E-state index contributed by atoms with van der Waals surface area (Å²) in [5, 5.41) is 10.2. The van der Waals surface area contributed by atoms with Crippen molar-refractivity contribution in [3.8, 4) is 11.1 Å². The minimum Gasteiger partial charge on any atom is -0.433 e. The maximum Gasteiger partial charge on any atom is 0.516 e. The van der Waals surface area contributed by atoms with Gasteiger partial charge in [0, 0.05) is 12.0 Å². The predicted octanol–water partition coefficient (Wildman–Crippen LogP) is 3.80. The first-order valence-corrected chi connectivity index (χ1v) is 10.6. The zero-order valence-corrected chi connectivity index (χ0v) is 17.5. The van der Waals surface area contributed by atoms with Gasteiger partial charge in [-0.05, 0) is 34.2 Å². The van der Waals surface area contributed by atoms with Gasteiger partial charge in [-0.1, -0.05) is 78.9 Å². The van der Waals surface area contributed by atoms with E-state index in [9.17, 15) is 14.7 Å². The van der Waals surface area contributed by atoms with E-state index in [4.69, 9.17) is 15.2 Å². The Morgan fingerprint density at radius 2 is 1.44 bits per heavy atom. The molecule has 0 aromatic heterocycles. The summed E-state index contributed by atoms with van der Waals surface area (Å²) < 4.78 is 9.99. The Morgan fingerprint density at radius 3 is 2.06 bits per heavy atom. The van der Waals surface area contributed by atoms with Crippen molar-refractivity contribution in [2.24, 2.45) is 5.73 Å². The first-order valence-electron chi connectivity index (χ1n) is 10.6. The van der Waals surface area contributed by atoms with E-state index in [1.807, 2.05) is 78.9 Å². The molecule has 164 valence electrons. The van der Waals surface area contributed by atoms with Gasteiger partial charge in [0.2, 0.25) is 0 Å². The zero-order chi connectivity index (χ0) is 22.5. The SMILES string of the molecule is N[C@@H](Cc1ccccc1)[C@@H](O)CC(=O)OC(=O)OCC1c2ccccc2-c2ccccc21. The van der Waals surface area contributed by atoms with E-state index in [1.54, 1.807) is 0 Å². The highest BCUT2D eigenvalue weighted by Crippen LogP contribution is 2.44. The van der Waals surface area contributed by atoms with Gasteiger partial charge < -0.3 is 20.3 Å². The number of carbonyl (C=O) groups excluding carboxylic acids is 2. The van der Waals surface area contributed by atoms with E-state index in [-0.39, 0.29) is 12.5 Å². The van der Waals surface area contributed by atoms with Crippen LogP contribution in [0.4, 0.5) is 4.79 Å². The van der Waals surface area contributed by atoms with E-state index in [1.165, 1.54) is 0 Å². The first-order chi connectivity index (χ1) is 15.5. The van der Waals surface area contributed by atoms with Crippen molar-refractivity contribution >= 4 is 12.1 Å². The monoisotopic (exact) mass is 431 g/mol. The standard InChI is InChI=1S/C26H25NO5/c27-23(14-17-8-2-1-3-9-17)24(28)15-25(29)32-26(30)31-16-22-20-12-6-4-10-18(20)19-11-5-7-13-21(19)22/h1-13,22-24,28H,14-16,27H2/t23-,24-/m0/s1. The number of carbonyl (C=O) groups is 2. The van der Waals surface area contributed by atoms with Crippen molar-refractivity contribution in [2.45, 2.75) is 30.9 Å². The Kier molecular flexibility index (Phi) is 6.63. The largest absolute Gasteiger partial charge is 0.516 e. The molecule has 0 heterocycles. The van der Waals surface area contributed by atoms with Gasteiger partial charge in [-0.25, -0.2) is 4.79 Å². The Balaban J connectivity index is 1.29. The minimum atomic E-state index is -1.14. The van der Waals surface area contributed by atoms with Crippen molar-refractivity contribution in [3.05, 3.63) is 95.6 Å². The van der Waals surface area contributed by atoms with Gasteiger partial charge in [0.1, 0.15) is 6.61 Å². The number of hydrogen-bond acceptors (Lipinski definition) is 6. The molecule has 6 heteroatoms. The second-order valence-electron chi connectivity index (χ2n) is 7.89. The average molecular weight is 431 g/mol. The van der Waals surface area contributed by atoms with E-state index in [2.05, 4.69) is 0 Å². The normalized spacial score (nSPS) is 14.2. The molecule has 2 atom stereocenters. The first kappa shape index (κ1) is 21.7.